The third kappa shape index (κ3) is 6.29. The number of amides is 2. The number of rotatable bonds is 2. The first-order valence-corrected chi connectivity index (χ1v) is 5.68. The molecule has 2 amide bonds. The first kappa shape index (κ1) is 15.1. The van der Waals surface area contributed by atoms with Crippen molar-refractivity contribution in [1.82, 2.24) is 5.32 Å². The molecule has 0 bridgehead atoms. The molecule has 5 nitrogen and oxygen atoms in total. The van der Waals surface area contributed by atoms with Crippen LogP contribution in [0.25, 0.3) is 0 Å². The van der Waals surface area contributed by atoms with Crippen LogP contribution in [-0.2, 0) is 0 Å². The second-order valence-corrected chi connectivity index (χ2v) is 3.47. The molecule has 0 atom stereocenters. The number of carbonyl (C=O) groups excluding carboxylic acids is 1. The molecule has 0 unspecified atom stereocenters. The van der Waals surface area contributed by atoms with Gasteiger partial charge in [0.2, 0.25) is 0 Å². The minimum absolute atomic E-state index is 0.0423. The standard InChI is InChI=1S/C9H13N3O2.C3H8/c1-2-11-9(14)12-6-3-4-7(10)8(13)5-6;1-3-2/h3-5,13H,2,10H2,1H3,(H2,11,12,14);3H2,1-2H3. The molecule has 1 aromatic carbocycles. The van der Waals surface area contributed by atoms with E-state index in [1.165, 1.54) is 18.6 Å². The normalized spacial score (nSPS) is 8.88. The Balaban J connectivity index is 0.000000770. The van der Waals surface area contributed by atoms with Crippen LogP contribution >= 0.6 is 0 Å². The van der Waals surface area contributed by atoms with Gasteiger partial charge in [0.25, 0.3) is 0 Å². The molecule has 1 aromatic rings. The molecular weight excluding hydrogens is 218 g/mol. The Morgan fingerprint density at radius 1 is 1.35 bits per heavy atom. The Hall–Kier alpha value is -1.91. The molecule has 0 saturated carbocycles. The van der Waals surface area contributed by atoms with Crippen molar-refractivity contribution in [3.05, 3.63) is 18.2 Å². The third-order valence-electron chi connectivity index (χ3n) is 1.63. The van der Waals surface area contributed by atoms with Crippen molar-refractivity contribution >= 4 is 17.4 Å². The van der Waals surface area contributed by atoms with E-state index < -0.39 is 0 Å². The fourth-order valence-corrected chi connectivity index (χ4v) is 0.957. The molecule has 0 spiro atoms. The van der Waals surface area contributed by atoms with Gasteiger partial charge in [-0.3, -0.25) is 0 Å². The maximum Gasteiger partial charge on any atom is 0.319 e. The summed E-state index contributed by atoms with van der Waals surface area (Å²) in [5.74, 6) is -0.0423. The minimum atomic E-state index is -0.309. The zero-order valence-corrected chi connectivity index (χ0v) is 10.6. The molecule has 0 heterocycles. The summed E-state index contributed by atoms with van der Waals surface area (Å²) in [7, 11) is 0. The SMILES string of the molecule is CCC.CCNC(=O)Nc1ccc(N)c(O)c1. The van der Waals surface area contributed by atoms with E-state index in [0.29, 0.717) is 12.2 Å². The Bertz CT molecular complexity index is 354. The van der Waals surface area contributed by atoms with Crippen molar-refractivity contribution in [3.8, 4) is 5.75 Å². The van der Waals surface area contributed by atoms with Crippen LogP contribution in [0.3, 0.4) is 0 Å². The lowest BCUT2D eigenvalue weighted by Gasteiger charge is -2.06. The van der Waals surface area contributed by atoms with E-state index in [2.05, 4.69) is 24.5 Å². The summed E-state index contributed by atoms with van der Waals surface area (Å²) in [6, 6.07) is 4.22. The minimum Gasteiger partial charge on any atom is -0.506 e. The quantitative estimate of drug-likeness (QED) is 0.472. The van der Waals surface area contributed by atoms with E-state index in [1.807, 2.05) is 6.92 Å². The number of nitrogen functional groups attached to an aromatic ring is 1. The highest BCUT2D eigenvalue weighted by atomic mass is 16.3. The predicted molar refractivity (Wildman–Crippen MR) is 71.2 cm³/mol. The number of hydrogen-bond acceptors (Lipinski definition) is 3. The summed E-state index contributed by atoms with van der Waals surface area (Å²) in [6.07, 6.45) is 1.25. The van der Waals surface area contributed by atoms with Crippen LogP contribution in [0.15, 0.2) is 18.2 Å². The molecule has 0 aliphatic carbocycles. The maximum atomic E-state index is 11.1. The van der Waals surface area contributed by atoms with Crippen LogP contribution < -0.4 is 16.4 Å². The summed E-state index contributed by atoms with van der Waals surface area (Å²) in [4.78, 5) is 11.1. The lowest BCUT2D eigenvalue weighted by molar-refractivity contribution is 0.252. The molecule has 0 aromatic heterocycles. The number of carbonyl (C=O) groups is 1. The number of phenolic OH excluding ortho intramolecular Hbond substituents is 1. The van der Waals surface area contributed by atoms with Gasteiger partial charge in [-0.1, -0.05) is 20.3 Å². The van der Waals surface area contributed by atoms with Gasteiger partial charge in [0, 0.05) is 18.3 Å². The van der Waals surface area contributed by atoms with E-state index in [0.717, 1.165) is 0 Å². The van der Waals surface area contributed by atoms with E-state index >= 15 is 0 Å². The Labute approximate surface area is 102 Å². The first-order valence-electron chi connectivity index (χ1n) is 5.68. The highest BCUT2D eigenvalue weighted by Gasteiger charge is 2.02. The van der Waals surface area contributed by atoms with Crippen LogP contribution in [0.5, 0.6) is 5.75 Å². The highest BCUT2D eigenvalue weighted by Crippen LogP contribution is 2.23. The van der Waals surface area contributed by atoms with E-state index in [4.69, 9.17) is 5.73 Å². The molecule has 0 radical (unpaired) electrons. The largest absolute Gasteiger partial charge is 0.506 e. The first-order chi connectivity index (χ1) is 8.04. The molecule has 0 aliphatic heterocycles. The highest BCUT2D eigenvalue weighted by molar-refractivity contribution is 5.89. The van der Waals surface area contributed by atoms with Crippen molar-refractivity contribution in [2.75, 3.05) is 17.6 Å². The van der Waals surface area contributed by atoms with Crippen molar-refractivity contribution in [1.29, 1.82) is 0 Å². The van der Waals surface area contributed by atoms with Crippen molar-refractivity contribution in [3.63, 3.8) is 0 Å². The van der Waals surface area contributed by atoms with E-state index in [1.54, 1.807) is 6.07 Å². The topological polar surface area (TPSA) is 87.4 Å². The lowest BCUT2D eigenvalue weighted by atomic mass is 10.2. The van der Waals surface area contributed by atoms with E-state index in [-0.39, 0.29) is 17.5 Å². The number of aromatic hydroxyl groups is 1. The van der Waals surface area contributed by atoms with Crippen LogP contribution in [0.1, 0.15) is 27.2 Å². The molecular formula is C12H21N3O2. The summed E-state index contributed by atoms with van der Waals surface area (Å²) < 4.78 is 0. The molecule has 5 heteroatoms. The number of nitrogens with two attached hydrogens (primary N) is 1. The fourth-order valence-electron chi connectivity index (χ4n) is 0.957. The smallest absolute Gasteiger partial charge is 0.319 e. The molecule has 5 N–H and O–H groups in total. The van der Waals surface area contributed by atoms with Gasteiger partial charge in [0.1, 0.15) is 5.75 Å². The number of nitrogens with one attached hydrogen (secondary N) is 2. The Morgan fingerprint density at radius 3 is 2.41 bits per heavy atom. The monoisotopic (exact) mass is 239 g/mol. The van der Waals surface area contributed by atoms with Gasteiger partial charge in [-0.05, 0) is 19.1 Å². The number of benzene rings is 1. The number of anilines is 2. The Morgan fingerprint density at radius 2 is 1.94 bits per heavy atom. The molecule has 1 rings (SSSR count). The summed E-state index contributed by atoms with van der Waals surface area (Å²) >= 11 is 0. The number of urea groups is 1. The molecule has 0 saturated heterocycles. The maximum absolute atomic E-state index is 11.1. The average Bonchev–Trinajstić information content (AvgIpc) is 2.25. The lowest BCUT2D eigenvalue weighted by Crippen LogP contribution is -2.28. The summed E-state index contributed by atoms with van der Waals surface area (Å²) in [5.41, 5.74) is 6.19. The fraction of sp³-hybridized carbons (Fsp3) is 0.417. The van der Waals surface area contributed by atoms with Crippen molar-refractivity contribution < 1.29 is 9.90 Å². The Kier molecular flexibility index (Phi) is 7.34. The predicted octanol–water partition coefficient (Wildman–Crippen LogP) is 2.53. The van der Waals surface area contributed by atoms with Crippen LogP contribution in [0.4, 0.5) is 16.2 Å². The second kappa shape index (κ2) is 8.27. The summed E-state index contributed by atoms with van der Waals surface area (Å²) in [6.45, 7) is 6.62. The average molecular weight is 239 g/mol. The number of phenols is 1. The van der Waals surface area contributed by atoms with Gasteiger partial charge in [-0.2, -0.15) is 0 Å². The van der Waals surface area contributed by atoms with Gasteiger partial charge in [-0.25, -0.2) is 4.79 Å². The molecule has 96 valence electrons. The zero-order valence-electron chi connectivity index (χ0n) is 10.6. The van der Waals surface area contributed by atoms with E-state index in [9.17, 15) is 9.90 Å². The zero-order chi connectivity index (χ0) is 13.3. The van der Waals surface area contributed by atoms with Gasteiger partial charge in [0.05, 0.1) is 5.69 Å². The van der Waals surface area contributed by atoms with Gasteiger partial charge in [-0.15, -0.1) is 0 Å². The van der Waals surface area contributed by atoms with Gasteiger partial charge in [0.15, 0.2) is 0 Å². The van der Waals surface area contributed by atoms with Crippen LogP contribution in [0, 0.1) is 0 Å². The van der Waals surface area contributed by atoms with Crippen molar-refractivity contribution in [2.45, 2.75) is 27.2 Å². The van der Waals surface area contributed by atoms with Gasteiger partial charge < -0.3 is 21.5 Å². The second-order valence-electron chi connectivity index (χ2n) is 3.47. The van der Waals surface area contributed by atoms with Crippen LogP contribution in [-0.4, -0.2) is 17.7 Å². The molecule has 17 heavy (non-hydrogen) atoms. The molecule has 0 fully saturated rings. The van der Waals surface area contributed by atoms with Gasteiger partial charge >= 0.3 is 6.03 Å². The van der Waals surface area contributed by atoms with Crippen LogP contribution in [0.2, 0.25) is 0 Å². The van der Waals surface area contributed by atoms with Crippen molar-refractivity contribution in [2.24, 2.45) is 0 Å². The molecule has 0 aliphatic rings. The third-order valence-corrected chi connectivity index (χ3v) is 1.63. The summed E-state index contributed by atoms with van der Waals surface area (Å²) in [5, 5.41) is 14.4. The number of hydrogen-bond donors (Lipinski definition) is 4.